The molecule has 1 aliphatic heterocycles. The summed E-state index contributed by atoms with van der Waals surface area (Å²) in [7, 11) is 0. The van der Waals surface area contributed by atoms with Crippen LogP contribution in [0.2, 0.25) is 0 Å². The molecule has 6 heteroatoms. The Morgan fingerprint density at radius 1 is 1.30 bits per heavy atom. The molecular formula is C17H15N3O3. The summed E-state index contributed by atoms with van der Waals surface area (Å²) in [4.78, 5) is 15.8. The highest BCUT2D eigenvalue weighted by molar-refractivity contribution is 5.87. The van der Waals surface area contributed by atoms with Gasteiger partial charge in [0.15, 0.2) is 5.82 Å². The molecule has 0 saturated carbocycles. The molecule has 0 bridgehead atoms. The number of imidazole rings is 1. The lowest BCUT2D eigenvalue weighted by Gasteiger charge is -2.13. The molecule has 1 unspecified atom stereocenters. The monoisotopic (exact) mass is 309 g/mol. The lowest BCUT2D eigenvalue weighted by molar-refractivity contribution is -0.384. The van der Waals surface area contributed by atoms with E-state index in [4.69, 9.17) is 9.72 Å². The Bertz CT molecular complexity index is 946. The van der Waals surface area contributed by atoms with Crippen molar-refractivity contribution in [3.8, 4) is 17.1 Å². The van der Waals surface area contributed by atoms with Gasteiger partial charge >= 0.3 is 0 Å². The maximum absolute atomic E-state index is 11.5. The SMILES string of the molecule is Cc1cccc2c1nc1n2CC(C)Oc2cccc([N+](=O)[O-])c2-1. The molecule has 3 aromatic rings. The van der Waals surface area contributed by atoms with Crippen molar-refractivity contribution in [3.05, 3.63) is 52.1 Å². The molecule has 2 heterocycles. The summed E-state index contributed by atoms with van der Waals surface area (Å²) in [5.74, 6) is 1.11. The molecule has 1 aromatic heterocycles. The van der Waals surface area contributed by atoms with Crippen LogP contribution in [0.1, 0.15) is 12.5 Å². The van der Waals surface area contributed by atoms with Crippen LogP contribution in [0, 0.1) is 17.0 Å². The summed E-state index contributed by atoms with van der Waals surface area (Å²) in [6.45, 7) is 4.55. The van der Waals surface area contributed by atoms with Crippen LogP contribution in [0.5, 0.6) is 5.75 Å². The lowest BCUT2D eigenvalue weighted by Crippen LogP contribution is -2.17. The first-order valence-electron chi connectivity index (χ1n) is 7.46. The van der Waals surface area contributed by atoms with Crippen molar-refractivity contribution in [2.75, 3.05) is 0 Å². The fourth-order valence-corrected chi connectivity index (χ4v) is 3.17. The zero-order chi connectivity index (χ0) is 16.1. The van der Waals surface area contributed by atoms with E-state index >= 15 is 0 Å². The molecular weight excluding hydrogens is 294 g/mol. The highest BCUT2D eigenvalue weighted by atomic mass is 16.6. The number of aromatic nitrogens is 2. The number of nitro groups is 1. The number of nitrogens with zero attached hydrogens (tertiary/aromatic N) is 3. The number of hydrogen-bond donors (Lipinski definition) is 0. The fraction of sp³-hybridized carbons (Fsp3) is 0.235. The van der Waals surface area contributed by atoms with E-state index in [-0.39, 0.29) is 16.7 Å². The van der Waals surface area contributed by atoms with Crippen LogP contribution in [-0.4, -0.2) is 20.6 Å². The van der Waals surface area contributed by atoms with Crippen molar-refractivity contribution in [1.29, 1.82) is 0 Å². The Morgan fingerprint density at radius 2 is 2.09 bits per heavy atom. The number of hydrogen-bond acceptors (Lipinski definition) is 4. The highest BCUT2D eigenvalue weighted by Crippen LogP contribution is 2.41. The summed E-state index contributed by atoms with van der Waals surface area (Å²) < 4.78 is 7.92. The lowest BCUT2D eigenvalue weighted by atomic mass is 10.1. The van der Waals surface area contributed by atoms with E-state index in [1.807, 2.05) is 36.6 Å². The van der Waals surface area contributed by atoms with E-state index in [0.29, 0.717) is 23.7 Å². The molecule has 0 amide bonds. The number of fused-ring (bicyclic) bond motifs is 5. The standard InChI is InChI=1S/C17H15N3O3/c1-10-5-3-7-13-16(10)18-17-15-12(20(21)22)6-4-8-14(15)23-11(2)9-19(13)17/h3-8,11H,9H2,1-2H3. The maximum Gasteiger partial charge on any atom is 0.284 e. The van der Waals surface area contributed by atoms with Crippen LogP contribution in [0.4, 0.5) is 5.69 Å². The predicted molar refractivity (Wildman–Crippen MR) is 86.7 cm³/mol. The molecule has 0 fully saturated rings. The average molecular weight is 309 g/mol. The van der Waals surface area contributed by atoms with Crippen molar-refractivity contribution in [3.63, 3.8) is 0 Å². The summed E-state index contributed by atoms with van der Waals surface area (Å²) in [5, 5.41) is 11.5. The second-order valence-electron chi connectivity index (χ2n) is 5.82. The summed E-state index contributed by atoms with van der Waals surface area (Å²) in [6, 6.07) is 10.9. The first kappa shape index (κ1) is 13.8. The van der Waals surface area contributed by atoms with Crippen LogP contribution in [0.15, 0.2) is 36.4 Å². The quantitative estimate of drug-likeness (QED) is 0.507. The normalized spacial score (nSPS) is 16.3. The summed E-state index contributed by atoms with van der Waals surface area (Å²) in [6.07, 6.45) is -0.102. The highest BCUT2D eigenvalue weighted by Gasteiger charge is 2.30. The molecule has 116 valence electrons. The first-order chi connectivity index (χ1) is 11.1. The minimum absolute atomic E-state index is 0.0193. The van der Waals surface area contributed by atoms with Gasteiger partial charge in [-0.15, -0.1) is 0 Å². The van der Waals surface area contributed by atoms with Crippen molar-refractivity contribution in [2.24, 2.45) is 0 Å². The molecule has 2 aromatic carbocycles. The molecule has 1 atom stereocenters. The van der Waals surface area contributed by atoms with Gasteiger partial charge in [0.1, 0.15) is 17.4 Å². The van der Waals surface area contributed by atoms with Crippen molar-refractivity contribution < 1.29 is 9.66 Å². The zero-order valence-electron chi connectivity index (χ0n) is 12.8. The second-order valence-corrected chi connectivity index (χ2v) is 5.82. The largest absolute Gasteiger partial charge is 0.488 e. The number of para-hydroxylation sites is 1. The fourth-order valence-electron chi connectivity index (χ4n) is 3.17. The van der Waals surface area contributed by atoms with Gasteiger partial charge in [0.05, 0.1) is 22.5 Å². The Balaban J connectivity index is 2.13. The van der Waals surface area contributed by atoms with Gasteiger partial charge in [-0.05, 0) is 31.5 Å². The van der Waals surface area contributed by atoms with Crippen LogP contribution in [0.3, 0.4) is 0 Å². The van der Waals surface area contributed by atoms with E-state index in [2.05, 4.69) is 0 Å². The van der Waals surface area contributed by atoms with E-state index in [0.717, 1.165) is 16.6 Å². The number of aryl methyl sites for hydroxylation is 1. The number of nitro benzene ring substituents is 1. The van der Waals surface area contributed by atoms with Gasteiger partial charge in [0.25, 0.3) is 5.69 Å². The van der Waals surface area contributed by atoms with Gasteiger partial charge in [-0.3, -0.25) is 10.1 Å². The third-order valence-corrected chi connectivity index (χ3v) is 4.17. The van der Waals surface area contributed by atoms with Gasteiger partial charge in [-0.2, -0.15) is 0 Å². The first-order valence-corrected chi connectivity index (χ1v) is 7.46. The van der Waals surface area contributed by atoms with Crippen LogP contribution in [-0.2, 0) is 6.54 Å². The van der Waals surface area contributed by atoms with Crippen LogP contribution in [0.25, 0.3) is 22.4 Å². The van der Waals surface area contributed by atoms with E-state index in [1.165, 1.54) is 6.07 Å². The van der Waals surface area contributed by atoms with Gasteiger partial charge in [0.2, 0.25) is 0 Å². The number of rotatable bonds is 1. The Labute approximate surface area is 132 Å². The minimum Gasteiger partial charge on any atom is -0.488 e. The minimum atomic E-state index is -0.380. The zero-order valence-corrected chi connectivity index (χ0v) is 12.8. The molecule has 6 nitrogen and oxygen atoms in total. The third-order valence-electron chi connectivity index (χ3n) is 4.17. The molecule has 23 heavy (non-hydrogen) atoms. The van der Waals surface area contributed by atoms with E-state index < -0.39 is 0 Å². The summed E-state index contributed by atoms with van der Waals surface area (Å²) in [5.41, 5.74) is 3.38. The van der Waals surface area contributed by atoms with Gasteiger partial charge in [0, 0.05) is 6.07 Å². The Morgan fingerprint density at radius 3 is 2.87 bits per heavy atom. The number of benzene rings is 2. The van der Waals surface area contributed by atoms with E-state index in [1.54, 1.807) is 12.1 Å². The molecule has 1 aliphatic rings. The van der Waals surface area contributed by atoms with Crippen LogP contribution < -0.4 is 4.74 Å². The Kier molecular flexibility index (Phi) is 2.87. The van der Waals surface area contributed by atoms with Gasteiger partial charge < -0.3 is 9.30 Å². The molecule has 0 saturated heterocycles. The van der Waals surface area contributed by atoms with E-state index in [9.17, 15) is 10.1 Å². The third kappa shape index (κ3) is 1.98. The average Bonchev–Trinajstić information content (AvgIpc) is 2.80. The second kappa shape index (κ2) is 4.81. The molecule has 0 spiro atoms. The van der Waals surface area contributed by atoms with Gasteiger partial charge in [-0.1, -0.05) is 18.2 Å². The number of ether oxygens (including phenoxy) is 1. The molecule has 0 N–H and O–H groups in total. The van der Waals surface area contributed by atoms with Gasteiger partial charge in [-0.25, -0.2) is 4.98 Å². The van der Waals surface area contributed by atoms with Crippen molar-refractivity contribution in [2.45, 2.75) is 26.5 Å². The summed E-state index contributed by atoms with van der Waals surface area (Å²) >= 11 is 0. The van der Waals surface area contributed by atoms with Crippen LogP contribution >= 0.6 is 0 Å². The Hall–Kier alpha value is -2.89. The molecule has 4 rings (SSSR count). The smallest absolute Gasteiger partial charge is 0.284 e. The van der Waals surface area contributed by atoms with Crippen molar-refractivity contribution >= 4 is 16.7 Å². The maximum atomic E-state index is 11.5. The predicted octanol–water partition coefficient (Wildman–Crippen LogP) is 3.70. The topological polar surface area (TPSA) is 70.2 Å². The molecule has 0 aliphatic carbocycles. The molecule has 0 radical (unpaired) electrons. The van der Waals surface area contributed by atoms with Crippen molar-refractivity contribution in [1.82, 2.24) is 9.55 Å².